The molecule has 144 valence electrons. The maximum atomic E-state index is 5.56. The summed E-state index contributed by atoms with van der Waals surface area (Å²) in [5.41, 5.74) is 1.09. The third-order valence-electron chi connectivity index (χ3n) is 3.34. The van der Waals surface area contributed by atoms with Crippen molar-refractivity contribution in [2.45, 2.75) is 26.8 Å². The van der Waals surface area contributed by atoms with Crippen molar-refractivity contribution in [2.75, 3.05) is 41.0 Å². The number of hydrogen-bond acceptors (Lipinski definition) is 4. The number of hydrogen-bond donors (Lipinski definition) is 2. The Morgan fingerprint density at radius 2 is 1.84 bits per heavy atom. The molecule has 0 aliphatic rings. The van der Waals surface area contributed by atoms with Crippen LogP contribution in [0.25, 0.3) is 0 Å². The van der Waals surface area contributed by atoms with E-state index < -0.39 is 0 Å². The van der Waals surface area contributed by atoms with Crippen LogP contribution < -0.4 is 20.1 Å². The quantitative estimate of drug-likeness (QED) is 0.241. The fourth-order valence-electron chi connectivity index (χ4n) is 2.10. The van der Waals surface area contributed by atoms with Gasteiger partial charge in [-0.25, -0.2) is 0 Å². The van der Waals surface area contributed by atoms with Crippen molar-refractivity contribution in [2.24, 2.45) is 10.9 Å². The number of rotatable bonds is 10. The second-order valence-electron chi connectivity index (χ2n) is 5.86. The first-order valence-electron chi connectivity index (χ1n) is 8.33. The lowest BCUT2D eigenvalue weighted by Gasteiger charge is -2.14. The summed E-state index contributed by atoms with van der Waals surface area (Å²) in [5.74, 6) is 2.80. The van der Waals surface area contributed by atoms with Gasteiger partial charge in [-0.15, -0.1) is 24.0 Å². The Bertz CT molecular complexity index is 510. The highest BCUT2D eigenvalue weighted by atomic mass is 127. The van der Waals surface area contributed by atoms with Gasteiger partial charge in [0.05, 0.1) is 14.2 Å². The Morgan fingerprint density at radius 1 is 1.12 bits per heavy atom. The van der Waals surface area contributed by atoms with Crippen LogP contribution in [0.4, 0.5) is 0 Å². The Kier molecular flexibility index (Phi) is 13.3. The number of aliphatic imine (C=N–C) groups is 1. The molecular formula is C18H32IN3O3. The maximum absolute atomic E-state index is 5.56. The van der Waals surface area contributed by atoms with Gasteiger partial charge in [0.25, 0.3) is 0 Å². The van der Waals surface area contributed by atoms with Gasteiger partial charge in [0.2, 0.25) is 0 Å². The van der Waals surface area contributed by atoms with Crippen LogP contribution in [0.5, 0.6) is 11.5 Å². The molecule has 1 rings (SSSR count). The topological polar surface area (TPSA) is 64.1 Å². The first kappa shape index (κ1) is 23.8. The molecule has 0 unspecified atom stereocenters. The zero-order chi connectivity index (χ0) is 17.8. The van der Waals surface area contributed by atoms with Crippen molar-refractivity contribution in [1.82, 2.24) is 10.6 Å². The van der Waals surface area contributed by atoms with E-state index in [2.05, 4.69) is 29.5 Å². The van der Waals surface area contributed by atoms with Crippen LogP contribution in [0.15, 0.2) is 23.2 Å². The van der Waals surface area contributed by atoms with Crippen molar-refractivity contribution in [3.05, 3.63) is 23.8 Å². The standard InChI is InChI=1S/C18H31N3O3.HI/c1-14(2)13-24-10-6-9-20-18(19-3)21-12-15-7-8-16(22-4)17(11-15)23-5;/h7-8,11,14H,6,9-10,12-13H2,1-5H3,(H2,19,20,21);1H. The summed E-state index contributed by atoms with van der Waals surface area (Å²) >= 11 is 0. The van der Waals surface area contributed by atoms with Crippen LogP contribution in [0, 0.1) is 5.92 Å². The number of nitrogens with one attached hydrogen (secondary N) is 2. The lowest BCUT2D eigenvalue weighted by atomic mass is 10.2. The van der Waals surface area contributed by atoms with E-state index in [1.54, 1.807) is 21.3 Å². The number of nitrogens with zero attached hydrogens (tertiary/aromatic N) is 1. The predicted octanol–water partition coefficient (Wildman–Crippen LogP) is 3.05. The molecule has 0 fully saturated rings. The average Bonchev–Trinajstić information content (AvgIpc) is 2.59. The normalized spacial score (nSPS) is 11.0. The van der Waals surface area contributed by atoms with Crippen molar-refractivity contribution >= 4 is 29.9 Å². The van der Waals surface area contributed by atoms with Crippen LogP contribution in [-0.2, 0) is 11.3 Å². The summed E-state index contributed by atoms with van der Waals surface area (Å²) in [5, 5.41) is 6.57. The van der Waals surface area contributed by atoms with E-state index in [4.69, 9.17) is 14.2 Å². The number of halogens is 1. The minimum Gasteiger partial charge on any atom is -0.493 e. The van der Waals surface area contributed by atoms with Gasteiger partial charge in [-0.2, -0.15) is 0 Å². The van der Waals surface area contributed by atoms with Gasteiger partial charge >= 0.3 is 0 Å². The summed E-state index contributed by atoms with van der Waals surface area (Å²) in [4.78, 5) is 4.22. The van der Waals surface area contributed by atoms with Crippen LogP contribution in [0.2, 0.25) is 0 Å². The highest BCUT2D eigenvalue weighted by Crippen LogP contribution is 2.27. The highest BCUT2D eigenvalue weighted by Gasteiger charge is 2.05. The van der Waals surface area contributed by atoms with Crippen LogP contribution in [0.3, 0.4) is 0 Å². The second-order valence-corrected chi connectivity index (χ2v) is 5.86. The molecule has 25 heavy (non-hydrogen) atoms. The molecule has 0 bridgehead atoms. The van der Waals surface area contributed by atoms with Crippen LogP contribution in [-0.4, -0.2) is 47.0 Å². The molecular weight excluding hydrogens is 433 g/mol. The molecule has 6 nitrogen and oxygen atoms in total. The number of methoxy groups -OCH3 is 2. The monoisotopic (exact) mass is 465 g/mol. The van der Waals surface area contributed by atoms with Gasteiger partial charge in [0.1, 0.15) is 0 Å². The molecule has 0 aliphatic heterocycles. The van der Waals surface area contributed by atoms with Gasteiger partial charge in [0, 0.05) is 33.4 Å². The van der Waals surface area contributed by atoms with Gasteiger partial charge in [-0.3, -0.25) is 4.99 Å². The minimum atomic E-state index is 0. The number of benzene rings is 1. The van der Waals surface area contributed by atoms with Crippen molar-refractivity contribution < 1.29 is 14.2 Å². The Morgan fingerprint density at radius 3 is 2.44 bits per heavy atom. The maximum Gasteiger partial charge on any atom is 0.191 e. The first-order chi connectivity index (χ1) is 11.6. The zero-order valence-corrected chi connectivity index (χ0v) is 18.3. The third-order valence-corrected chi connectivity index (χ3v) is 3.34. The molecule has 0 heterocycles. The minimum absolute atomic E-state index is 0. The molecule has 0 spiro atoms. The van der Waals surface area contributed by atoms with Gasteiger partial charge in [-0.1, -0.05) is 19.9 Å². The Balaban J connectivity index is 0.00000576. The van der Waals surface area contributed by atoms with Gasteiger partial charge in [-0.05, 0) is 30.0 Å². The average molecular weight is 465 g/mol. The van der Waals surface area contributed by atoms with Crippen molar-refractivity contribution in [3.8, 4) is 11.5 Å². The van der Waals surface area contributed by atoms with Crippen molar-refractivity contribution in [1.29, 1.82) is 0 Å². The summed E-state index contributed by atoms with van der Waals surface area (Å²) in [6.45, 7) is 7.36. The predicted molar refractivity (Wildman–Crippen MR) is 113 cm³/mol. The Hall–Kier alpha value is -1.22. The molecule has 1 aromatic carbocycles. The molecule has 0 amide bonds. The second kappa shape index (κ2) is 14.0. The molecule has 0 radical (unpaired) electrons. The van der Waals surface area contributed by atoms with Gasteiger partial charge < -0.3 is 24.8 Å². The van der Waals surface area contributed by atoms with Gasteiger partial charge in [0.15, 0.2) is 17.5 Å². The highest BCUT2D eigenvalue weighted by molar-refractivity contribution is 14.0. The molecule has 0 aliphatic carbocycles. The smallest absolute Gasteiger partial charge is 0.191 e. The molecule has 0 saturated carbocycles. The summed E-state index contributed by atoms with van der Waals surface area (Å²) < 4.78 is 16.1. The van der Waals surface area contributed by atoms with E-state index in [9.17, 15) is 0 Å². The first-order valence-corrected chi connectivity index (χ1v) is 8.33. The molecule has 7 heteroatoms. The van der Waals surface area contributed by atoms with E-state index in [0.717, 1.165) is 49.2 Å². The largest absolute Gasteiger partial charge is 0.493 e. The fourth-order valence-corrected chi connectivity index (χ4v) is 2.10. The summed E-state index contributed by atoms with van der Waals surface area (Å²) in [7, 11) is 5.03. The number of guanidine groups is 1. The number of ether oxygens (including phenoxy) is 3. The SMILES string of the molecule is CN=C(NCCCOCC(C)C)NCc1ccc(OC)c(OC)c1.I. The van der Waals surface area contributed by atoms with E-state index in [0.29, 0.717) is 12.5 Å². The van der Waals surface area contributed by atoms with E-state index in [1.165, 1.54) is 0 Å². The molecule has 0 saturated heterocycles. The third kappa shape index (κ3) is 9.74. The lowest BCUT2D eigenvalue weighted by molar-refractivity contribution is 0.108. The van der Waals surface area contributed by atoms with Crippen LogP contribution >= 0.6 is 24.0 Å². The molecule has 2 N–H and O–H groups in total. The Labute approximate surface area is 168 Å². The molecule has 0 atom stereocenters. The van der Waals surface area contributed by atoms with E-state index in [1.807, 2.05) is 18.2 Å². The fraction of sp³-hybridized carbons (Fsp3) is 0.611. The summed E-state index contributed by atoms with van der Waals surface area (Å²) in [6.07, 6.45) is 0.948. The molecule has 0 aromatic heterocycles. The van der Waals surface area contributed by atoms with E-state index >= 15 is 0 Å². The molecule has 1 aromatic rings. The summed E-state index contributed by atoms with van der Waals surface area (Å²) in [6, 6.07) is 5.86. The zero-order valence-electron chi connectivity index (χ0n) is 15.9. The van der Waals surface area contributed by atoms with Crippen molar-refractivity contribution in [3.63, 3.8) is 0 Å². The lowest BCUT2D eigenvalue weighted by Crippen LogP contribution is -2.37. The van der Waals surface area contributed by atoms with E-state index in [-0.39, 0.29) is 24.0 Å². The van der Waals surface area contributed by atoms with Crippen LogP contribution in [0.1, 0.15) is 25.8 Å².